The van der Waals surface area contributed by atoms with E-state index < -0.39 is 11.2 Å². The minimum absolute atomic E-state index is 0.276. The molecular formula is C29H28N6O6S. The predicted molar refractivity (Wildman–Crippen MR) is 157 cm³/mol. The average molecular weight is 589 g/mol. The van der Waals surface area contributed by atoms with E-state index in [0.29, 0.717) is 23.0 Å². The van der Waals surface area contributed by atoms with Gasteiger partial charge < -0.3 is 28.6 Å². The van der Waals surface area contributed by atoms with Gasteiger partial charge in [-0.2, -0.15) is 4.98 Å². The lowest BCUT2D eigenvalue weighted by Gasteiger charge is -2.10. The van der Waals surface area contributed by atoms with Crippen LogP contribution in [0.1, 0.15) is 0 Å². The van der Waals surface area contributed by atoms with Crippen molar-refractivity contribution in [2.24, 2.45) is 0 Å². The van der Waals surface area contributed by atoms with Crippen molar-refractivity contribution in [3.8, 4) is 51.5 Å². The second-order valence-corrected chi connectivity index (χ2v) is 10.1. The maximum absolute atomic E-state index is 11.6. The zero-order valence-electron chi connectivity index (χ0n) is 23.5. The normalized spacial score (nSPS) is 11.6. The maximum atomic E-state index is 11.6. The average Bonchev–Trinajstić information content (AvgIpc) is 3.64. The van der Waals surface area contributed by atoms with Crippen molar-refractivity contribution in [2.75, 3.05) is 34.7 Å². The monoisotopic (exact) mass is 588 g/mol. The summed E-state index contributed by atoms with van der Waals surface area (Å²) in [5.41, 5.74) is 4.97. The van der Waals surface area contributed by atoms with E-state index >= 15 is 0 Å². The number of aromatic hydroxyl groups is 1. The maximum Gasteiger partial charge on any atom is 0.359 e. The Morgan fingerprint density at radius 3 is 1.64 bits per heavy atom. The fourth-order valence-corrected chi connectivity index (χ4v) is 4.74. The van der Waals surface area contributed by atoms with Gasteiger partial charge in [0.2, 0.25) is 0 Å². The summed E-state index contributed by atoms with van der Waals surface area (Å²) >= 11 is -1.24. The molecule has 0 aliphatic rings. The van der Waals surface area contributed by atoms with Gasteiger partial charge in [-0.15, -0.1) is 5.10 Å². The van der Waals surface area contributed by atoms with E-state index in [1.54, 1.807) is 62.2 Å². The number of methoxy groups -OCH3 is 4. The van der Waals surface area contributed by atoms with Crippen LogP contribution >= 0.6 is 0 Å². The van der Waals surface area contributed by atoms with E-state index in [4.69, 9.17) is 18.9 Å². The minimum atomic E-state index is -1.24. The number of aromatic nitrogens is 6. The zero-order chi connectivity index (χ0) is 29.8. The molecule has 0 amide bonds. The Balaban J connectivity index is 0.000000169. The first-order valence-corrected chi connectivity index (χ1v) is 14.1. The van der Waals surface area contributed by atoms with Crippen molar-refractivity contribution in [1.29, 1.82) is 0 Å². The second kappa shape index (κ2) is 12.2. The van der Waals surface area contributed by atoms with Crippen LogP contribution in [0.3, 0.4) is 0 Å². The molecule has 216 valence electrons. The summed E-state index contributed by atoms with van der Waals surface area (Å²) in [7, 11) is 6.42. The number of rotatable bonds is 7. The van der Waals surface area contributed by atoms with Gasteiger partial charge in [0, 0.05) is 34.4 Å². The van der Waals surface area contributed by atoms with Crippen LogP contribution in [0.5, 0.6) is 29.0 Å². The smallest absolute Gasteiger partial charge is 0.359 e. The molecule has 2 aromatic carbocycles. The fraction of sp³-hybridized carbons (Fsp3) is 0.172. The SMILES string of the molecule is COc1ccc(-c2ccc3cnc(O)nn23)c(OC)c1.COc1ccc(-c2ccc3cnc([S+](C)[O-])nn23)c(OC)c1. The molecule has 42 heavy (non-hydrogen) atoms. The number of fused-ring (bicyclic) bond motifs is 2. The molecule has 1 unspecified atom stereocenters. The number of hydrogen-bond donors (Lipinski definition) is 1. The molecule has 1 atom stereocenters. The van der Waals surface area contributed by atoms with Gasteiger partial charge in [0.05, 0.1) is 63.3 Å². The minimum Gasteiger partial charge on any atom is -0.609 e. The van der Waals surface area contributed by atoms with E-state index in [1.165, 1.54) is 0 Å². The Labute approximate surface area is 244 Å². The summed E-state index contributed by atoms with van der Waals surface area (Å²) < 4.78 is 36.2. The Morgan fingerprint density at radius 1 is 0.667 bits per heavy atom. The Bertz CT molecular complexity index is 1850. The van der Waals surface area contributed by atoms with Crippen LogP contribution in [-0.2, 0) is 11.2 Å². The van der Waals surface area contributed by atoms with Crippen LogP contribution < -0.4 is 18.9 Å². The highest BCUT2D eigenvalue weighted by Crippen LogP contribution is 2.35. The van der Waals surface area contributed by atoms with Crippen LogP contribution in [-0.4, -0.2) is 73.6 Å². The van der Waals surface area contributed by atoms with Crippen LogP contribution in [0.2, 0.25) is 0 Å². The largest absolute Gasteiger partial charge is 0.609 e. The summed E-state index contributed by atoms with van der Waals surface area (Å²) in [6.07, 6.45) is 4.77. The molecule has 1 N–H and O–H groups in total. The summed E-state index contributed by atoms with van der Waals surface area (Å²) in [6, 6.07) is 18.4. The molecule has 12 nitrogen and oxygen atoms in total. The van der Waals surface area contributed by atoms with Crippen LogP contribution in [0.15, 0.2) is 78.2 Å². The molecule has 0 bridgehead atoms. The molecule has 13 heteroatoms. The van der Waals surface area contributed by atoms with Gasteiger partial charge in [-0.25, -0.2) is 14.0 Å². The lowest BCUT2D eigenvalue weighted by atomic mass is 10.1. The van der Waals surface area contributed by atoms with E-state index in [1.807, 2.05) is 54.6 Å². The van der Waals surface area contributed by atoms with Gasteiger partial charge in [0.1, 0.15) is 29.3 Å². The first kappa shape index (κ1) is 28.5. The summed E-state index contributed by atoms with van der Waals surface area (Å²) in [5, 5.41) is 18.1. The van der Waals surface area contributed by atoms with Crippen molar-refractivity contribution in [2.45, 2.75) is 5.16 Å². The van der Waals surface area contributed by atoms with Gasteiger partial charge >= 0.3 is 11.2 Å². The van der Waals surface area contributed by atoms with Crippen LogP contribution in [0.25, 0.3) is 33.5 Å². The van der Waals surface area contributed by atoms with Crippen molar-refractivity contribution in [3.63, 3.8) is 0 Å². The molecule has 0 aliphatic carbocycles. The van der Waals surface area contributed by atoms with Crippen molar-refractivity contribution in [3.05, 3.63) is 73.1 Å². The van der Waals surface area contributed by atoms with E-state index in [9.17, 15) is 9.66 Å². The highest BCUT2D eigenvalue weighted by atomic mass is 32.2. The zero-order valence-corrected chi connectivity index (χ0v) is 24.3. The van der Waals surface area contributed by atoms with Gasteiger partial charge in [-0.1, -0.05) is 5.10 Å². The van der Waals surface area contributed by atoms with Crippen LogP contribution in [0, 0.1) is 0 Å². The van der Waals surface area contributed by atoms with E-state index in [2.05, 4.69) is 20.2 Å². The quantitative estimate of drug-likeness (QED) is 0.269. The first-order valence-electron chi connectivity index (χ1n) is 12.5. The number of hydrogen-bond acceptors (Lipinski definition) is 10. The molecule has 0 aliphatic heterocycles. The highest BCUT2D eigenvalue weighted by molar-refractivity contribution is 7.90. The Hall–Kier alpha value is -5.01. The summed E-state index contributed by atoms with van der Waals surface area (Å²) in [5.74, 6) is 2.77. The lowest BCUT2D eigenvalue weighted by Crippen LogP contribution is -2.08. The van der Waals surface area contributed by atoms with Crippen molar-refractivity contribution >= 4 is 22.2 Å². The van der Waals surface area contributed by atoms with Gasteiger partial charge in [-0.05, 0) is 48.5 Å². The first-order chi connectivity index (χ1) is 20.4. The lowest BCUT2D eigenvalue weighted by molar-refractivity contribution is 0.395. The fourth-order valence-electron chi connectivity index (χ4n) is 4.34. The van der Waals surface area contributed by atoms with Gasteiger partial charge in [0.25, 0.3) is 0 Å². The molecule has 0 fully saturated rings. The molecule has 0 saturated carbocycles. The molecule has 6 rings (SSSR count). The molecule has 0 radical (unpaired) electrons. The predicted octanol–water partition coefficient (Wildman–Crippen LogP) is 4.27. The summed E-state index contributed by atoms with van der Waals surface area (Å²) in [4.78, 5) is 7.86. The van der Waals surface area contributed by atoms with Gasteiger partial charge in [0.15, 0.2) is 0 Å². The highest BCUT2D eigenvalue weighted by Gasteiger charge is 2.16. The molecule has 0 spiro atoms. The number of ether oxygens (including phenoxy) is 4. The van der Waals surface area contributed by atoms with Crippen molar-refractivity contribution in [1.82, 2.24) is 29.2 Å². The third-order valence-electron chi connectivity index (χ3n) is 6.39. The number of benzene rings is 2. The van der Waals surface area contributed by atoms with Crippen LogP contribution in [0.4, 0.5) is 0 Å². The Kier molecular flexibility index (Phi) is 8.31. The molecule has 6 aromatic rings. The second-order valence-electron chi connectivity index (χ2n) is 8.80. The van der Waals surface area contributed by atoms with E-state index in [-0.39, 0.29) is 11.2 Å². The molecular weight excluding hydrogens is 560 g/mol. The van der Waals surface area contributed by atoms with Crippen molar-refractivity contribution < 1.29 is 28.6 Å². The number of nitrogens with zero attached hydrogens (tertiary/aromatic N) is 6. The topological polar surface area (TPSA) is 141 Å². The molecule has 0 saturated heterocycles. The van der Waals surface area contributed by atoms with E-state index in [0.717, 1.165) is 33.5 Å². The third kappa shape index (κ3) is 5.60. The van der Waals surface area contributed by atoms with Gasteiger partial charge in [-0.3, -0.25) is 0 Å². The third-order valence-corrected chi connectivity index (χ3v) is 7.09. The molecule has 4 heterocycles. The molecule has 4 aromatic heterocycles. The standard InChI is InChI=1S/C15H15N3O3S.C14H13N3O3/c1-20-11-5-6-12(14(8-11)21-2)13-7-4-10-9-16-15(22(3)19)17-18(10)13;1-19-10-4-5-11(13(7-10)20-2)12-6-3-9-8-15-14(18)16-17(9)12/h4-9H,1-3H3;3-8H,1-2H3,(H,16,18). The Morgan fingerprint density at radius 2 is 1.17 bits per heavy atom. The summed E-state index contributed by atoms with van der Waals surface area (Å²) in [6.45, 7) is 0.